The van der Waals surface area contributed by atoms with Crippen LogP contribution < -0.4 is 9.80 Å². The van der Waals surface area contributed by atoms with Crippen molar-refractivity contribution in [3.05, 3.63) is 78.3 Å². The zero-order chi connectivity index (χ0) is 24.4. The fourth-order valence-electron chi connectivity index (χ4n) is 4.46. The van der Waals surface area contributed by atoms with Crippen molar-refractivity contribution in [1.82, 2.24) is 19.9 Å². The summed E-state index contributed by atoms with van der Waals surface area (Å²) in [6.45, 7) is 7.07. The van der Waals surface area contributed by atoms with Gasteiger partial charge in [0.1, 0.15) is 24.3 Å². The zero-order valence-corrected chi connectivity index (χ0v) is 19.9. The molecule has 1 aliphatic rings. The first-order valence-corrected chi connectivity index (χ1v) is 11.5. The van der Waals surface area contributed by atoms with Crippen molar-refractivity contribution in [2.24, 2.45) is 0 Å². The third-order valence-corrected chi connectivity index (χ3v) is 6.25. The summed E-state index contributed by atoms with van der Waals surface area (Å²) in [6, 6.07) is 11.3. The maximum atomic E-state index is 14.9. The molecule has 8 heteroatoms. The van der Waals surface area contributed by atoms with Crippen LogP contribution in [0.15, 0.2) is 55.6 Å². The van der Waals surface area contributed by atoms with Crippen LogP contribution >= 0.6 is 0 Å². The number of nitrogens with zero attached hydrogens (tertiary/aromatic N) is 6. The van der Waals surface area contributed by atoms with E-state index in [-0.39, 0.29) is 5.82 Å². The number of morpholine rings is 1. The van der Waals surface area contributed by atoms with E-state index in [0.717, 1.165) is 71.2 Å². The van der Waals surface area contributed by atoms with Crippen molar-refractivity contribution in [2.75, 3.05) is 50.2 Å². The van der Waals surface area contributed by atoms with Crippen molar-refractivity contribution in [3.63, 3.8) is 0 Å². The van der Waals surface area contributed by atoms with Gasteiger partial charge in [0, 0.05) is 55.8 Å². The Labute approximate surface area is 203 Å². The molecule has 0 bridgehead atoms. The van der Waals surface area contributed by atoms with Gasteiger partial charge in [0.25, 0.3) is 0 Å². The molecule has 7 nitrogen and oxygen atoms in total. The second kappa shape index (κ2) is 9.76. The van der Waals surface area contributed by atoms with Gasteiger partial charge in [-0.15, -0.1) is 0 Å². The average molecular weight is 471 g/mol. The van der Waals surface area contributed by atoms with Gasteiger partial charge < -0.3 is 14.5 Å². The van der Waals surface area contributed by atoms with Gasteiger partial charge in [-0.1, -0.05) is 12.7 Å². The monoisotopic (exact) mass is 470 g/mol. The van der Waals surface area contributed by atoms with Gasteiger partial charge in [0.2, 0.25) is 0 Å². The van der Waals surface area contributed by atoms with Crippen LogP contribution in [0.5, 0.6) is 0 Å². The highest BCUT2D eigenvalue weighted by Gasteiger charge is 2.16. The third kappa shape index (κ3) is 4.57. The van der Waals surface area contributed by atoms with Crippen molar-refractivity contribution in [3.8, 4) is 11.3 Å². The summed E-state index contributed by atoms with van der Waals surface area (Å²) in [4.78, 5) is 22.0. The van der Waals surface area contributed by atoms with E-state index >= 15 is 0 Å². The Morgan fingerprint density at radius 3 is 2.60 bits per heavy atom. The lowest BCUT2D eigenvalue weighted by Gasteiger charge is -2.29. The van der Waals surface area contributed by atoms with Crippen molar-refractivity contribution in [2.45, 2.75) is 6.42 Å². The minimum absolute atomic E-state index is 0.290. The fourth-order valence-corrected chi connectivity index (χ4v) is 4.46. The molecule has 0 radical (unpaired) electrons. The molecule has 0 spiro atoms. The van der Waals surface area contributed by atoms with Crippen LogP contribution in [-0.2, 0) is 11.2 Å². The molecule has 0 saturated carbocycles. The maximum absolute atomic E-state index is 14.9. The van der Waals surface area contributed by atoms with E-state index in [1.165, 1.54) is 12.4 Å². The van der Waals surface area contributed by atoms with Gasteiger partial charge in [-0.25, -0.2) is 24.3 Å². The van der Waals surface area contributed by atoms with Gasteiger partial charge >= 0.3 is 0 Å². The molecule has 178 valence electrons. The Bertz CT molecular complexity index is 1380. The van der Waals surface area contributed by atoms with Crippen LogP contribution in [0.25, 0.3) is 28.2 Å². The number of hydrogen-bond donors (Lipinski definition) is 0. The highest BCUT2D eigenvalue weighted by molar-refractivity contribution is 5.94. The highest BCUT2D eigenvalue weighted by Crippen LogP contribution is 2.31. The molecule has 0 atom stereocenters. The molecular weight excluding hydrogens is 443 g/mol. The van der Waals surface area contributed by atoms with Crippen LogP contribution in [0, 0.1) is 5.82 Å². The number of fused-ring (bicyclic) bond motifs is 1. The van der Waals surface area contributed by atoms with E-state index in [1.807, 2.05) is 31.1 Å². The summed E-state index contributed by atoms with van der Waals surface area (Å²) in [5.41, 5.74) is 5.61. The van der Waals surface area contributed by atoms with Gasteiger partial charge in [-0.05, 0) is 42.0 Å². The van der Waals surface area contributed by atoms with E-state index in [1.54, 1.807) is 18.5 Å². The molecule has 4 aromatic rings. The Morgan fingerprint density at radius 1 is 1.03 bits per heavy atom. The number of benzene rings is 2. The van der Waals surface area contributed by atoms with Crippen molar-refractivity contribution >= 4 is 28.5 Å². The molecule has 2 aromatic heterocycles. The number of anilines is 2. The highest BCUT2D eigenvalue weighted by atomic mass is 19.1. The first-order valence-electron chi connectivity index (χ1n) is 11.5. The number of halogens is 1. The topological polar surface area (TPSA) is 67.3 Å². The summed E-state index contributed by atoms with van der Waals surface area (Å²) in [5.74, 6) is 0.459. The molecule has 1 aliphatic heterocycles. The van der Waals surface area contributed by atoms with Gasteiger partial charge in [-0.3, -0.25) is 0 Å². The standard InChI is InChI=1S/C27H27FN6O/c1-4-21-24(30-17-32-27(21)33(2)3)14-19-13-18(5-8-23(19)28)26-22-7-6-20(15-25(22)29-16-31-26)34-9-11-35-12-10-34/h4-8,13,15-17H,1,9-12,14H2,2-3H3. The molecule has 3 heterocycles. The van der Waals surface area contributed by atoms with E-state index in [2.05, 4.69) is 43.5 Å². The molecule has 2 aromatic carbocycles. The lowest BCUT2D eigenvalue weighted by molar-refractivity contribution is 0.122. The Kier molecular flexibility index (Phi) is 6.37. The quantitative estimate of drug-likeness (QED) is 0.415. The second-order valence-corrected chi connectivity index (χ2v) is 8.66. The molecule has 0 amide bonds. The fraction of sp³-hybridized carbons (Fsp3) is 0.259. The van der Waals surface area contributed by atoms with Gasteiger partial charge in [0.15, 0.2) is 0 Å². The third-order valence-electron chi connectivity index (χ3n) is 6.25. The van der Waals surface area contributed by atoms with Gasteiger partial charge in [0.05, 0.1) is 30.1 Å². The van der Waals surface area contributed by atoms with E-state index in [9.17, 15) is 4.39 Å². The lowest BCUT2D eigenvalue weighted by Crippen LogP contribution is -2.36. The van der Waals surface area contributed by atoms with E-state index in [0.29, 0.717) is 12.0 Å². The molecule has 0 aliphatic carbocycles. The molecule has 0 N–H and O–H groups in total. The smallest absolute Gasteiger partial charge is 0.139 e. The minimum Gasteiger partial charge on any atom is -0.378 e. The van der Waals surface area contributed by atoms with Crippen LogP contribution in [0.1, 0.15) is 16.8 Å². The molecular formula is C27H27FN6O. The number of hydrogen-bond acceptors (Lipinski definition) is 7. The summed E-state index contributed by atoms with van der Waals surface area (Å²) < 4.78 is 20.4. The Hall–Kier alpha value is -3.91. The van der Waals surface area contributed by atoms with E-state index in [4.69, 9.17) is 4.74 Å². The number of ether oxygens (including phenoxy) is 1. The average Bonchev–Trinajstić information content (AvgIpc) is 2.89. The van der Waals surface area contributed by atoms with Crippen molar-refractivity contribution < 1.29 is 9.13 Å². The molecule has 35 heavy (non-hydrogen) atoms. The number of aromatic nitrogens is 4. The summed E-state index contributed by atoms with van der Waals surface area (Å²) >= 11 is 0. The van der Waals surface area contributed by atoms with Crippen molar-refractivity contribution in [1.29, 1.82) is 0 Å². The maximum Gasteiger partial charge on any atom is 0.139 e. The first kappa shape index (κ1) is 22.9. The molecule has 1 saturated heterocycles. The van der Waals surface area contributed by atoms with Crippen LogP contribution in [-0.4, -0.2) is 60.3 Å². The zero-order valence-electron chi connectivity index (χ0n) is 19.9. The number of rotatable bonds is 6. The molecule has 5 rings (SSSR count). The summed E-state index contributed by atoms with van der Waals surface area (Å²) in [5, 5.41) is 0.922. The van der Waals surface area contributed by atoms with Crippen LogP contribution in [0.2, 0.25) is 0 Å². The Balaban J connectivity index is 1.52. The van der Waals surface area contributed by atoms with Crippen LogP contribution in [0.4, 0.5) is 15.9 Å². The summed E-state index contributed by atoms with van der Waals surface area (Å²) in [7, 11) is 3.82. The van der Waals surface area contributed by atoms with Gasteiger partial charge in [-0.2, -0.15) is 0 Å². The second-order valence-electron chi connectivity index (χ2n) is 8.66. The molecule has 0 unspecified atom stereocenters. The predicted molar refractivity (Wildman–Crippen MR) is 137 cm³/mol. The predicted octanol–water partition coefficient (Wildman–Crippen LogP) is 4.36. The normalized spacial score (nSPS) is 13.7. The largest absolute Gasteiger partial charge is 0.378 e. The Morgan fingerprint density at radius 2 is 1.83 bits per heavy atom. The van der Waals surface area contributed by atoms with E-state index < -0.39 is 0 Å². The molecule has 1 fully saturated rings. The SMILES string of the molecule is C=Cc1c(Cc2cc(-c3ncnc4cc(N5CCOCC5)ccc34)ccc2F)ncnc1N(C)C. The van der Waals surface area contributed by atoms with Crippen LogP contribution in [0.3, 0.4) is 0 Å². The first-order chi connectivity index (χ1) is 17.0. The lowest BCUT2D eigenvalue weighted by atomic mass is 9.99. The summed E-state index contributed by atoms with van der Waals surface area (Å²) in [6.07, 6.45) is 5.10. The minimum atomic E-state index is -0.290.